The number of ether oxygens (including phenoxy) is 2. The lowest BCUT2D eigenvalue weighted by Gasteiger charge is -2.13. The monoisotopic (exact) mass is 345 g/mol. The molecule has 2 aromatic rings. The van der Waals surface area contributed by atoms with Crippen LogP contribution >= 0.6 is 11.6 Å². The molecule has 0 radical (unpaired) electrons. The van der Waals surface area contributed by atoms with Gasteiger partial charge >= 0.3 is 0 Å². The van der Waals surface area contributed by atoms with Gasteiger partial charge in [-0.25, -0.2) is 0 Å². The molecule has 2 aromatic carbocycles. The molecule has 1 N–H and O–H groups in total. The molecule has 1 heterocycles. The molecule has 126 valence electrons. The van der Waals surface area contributed by atoms with Gasteiger partial charge in [-0.1, -0.05) is 23.7 Å². The van der Waals surface area contributed by atoms with E-state index in [-0.39, 0.29) is 18.4 Å². The molecule has 0 aliphatic carbocycles. The summed E-state index contributed by atoms with van der Waals surface area (Å²) in [6.45, 7) is 4.49. The van der Waals surface area contributed by atoms with Crippen LogP contribution in [0.5, 0.6) is 11.5 Å². The largest absolute Gasteiger partial charge is 0.492 e. The molecule has 0 bridgehead atoms. The van der Waals surface area contributed by atoms with Crippen molar-refractivity contribution in [2.24, 2.45) is 0 Å². The Morgan fingerprint density at radius 1 is 1.33 bits per heavy atom. The molecule has 0 spiro atoms. The fourth-order valence-electron chi connectivity index (χ4n) is 2.79. The van der Waals surface area contributed by atoms with Crippen LogP contribution in [0.1, 0.15) is 25.0 Å². The highest BCUT2D eigenvalue weighted by atomic mass is 35.5. The minimum atomic E-state index is -0.107. The van der Waals surface area contributed by atoms with Gasteiger partial charge in [-0.3, -0.25) is 4.79 Å². The third kappa shape index (κ3) is 3.82. The summed E-state index contributed by atoms with van der Waals surface area (Å²) in [6, 6.07) is 11.1. The van der Waals surface area contributed by atoms with Crippen LogP contribution in [0.3, 0.4) is 0 Å². The summed E-state index contributed by atoms with van der Waals surface area (Å²) in [6.07, 6.45) is 1.28. The van der Waals surface area contributed by atoms with Crippen molar-refractivity contribution in [2.45, 2.75) is 32.8 Å². The average Bonchev–Trinajstić information content (AvgIpc) is 2.89. The van der Waals surface area contributed by atoms with Crippen LogP contribution in [0.2, 0.25) is 5.02 Å². The maximum atomic E-state index is 12.3. The first-order chi connectivity index (χ1) is 11.5. The second-order valence-electron chi connectivity index (χ2n) is 5.87. The summed E-state index contributed by atoms with van der Waals surface area (Å²) >= 11 is 5.87. The number of carbonyl (C=O) groups excluding carboxylic acids is 1. The van der Waals surface area contributed by atoms with Crippen molar-refractivity contribution in [3.63, 3.8) is 0 Å². The smallest absolute Gasteiger partial charge is 0.228 e. The number of hydrogen-bond acceptors (Lipinski definition) is 3. The predicted octanol–water partition coefficient (Wildman–Crippen LogP) is 4.24. The number of anilines is 1. The molecule has 0 saturated heterocycles. The van der Waals surface area contributed by atoms with Crippen molar-refractivity contribution in [2.75, 3.05) is 11.9 Å². The Labute approximate surface area is 146 Å². The van der Waals surface area contributed by atoms with E-state index >= 15 is 0 Å². The minimum Gasteiger partial charge on any atom is -0.492 e. The highest BCUT2D eigenvalue weighted by Crippen LogP contribution is 2.38. The Bertz CT molecular complexity index is 743. The average molecular weight is 346 g/mol. The van der Waals surface area contributed by atoms with Crippen LogP contribution in [-0.4, -0.2) is 18.6 Å². The zero-order valence-corrected chi connectivity index (χ0v) is 14.5. The van der Waals surface area contributed by atoms with Crippen LogP contribution in [0.15, 0.2) is 36.4 Å². The van der Waals surface area contributed by atoms with Gasteiger partial charge in [0.2, 0.25) is 5.91 Å². The van der Waals surface area contributed by atoms with Crippen molar-refractivity contribution < 1.29 is 14.3 Å². The Balaban J connectivity index is 1.77. The van der Waals surface area contributed by atoms with E-state index in [0.29, 0.717) is 23.1 Å². The molecule has 1 unspecified atom stereocenters. The number of halogens is 1. The highest BCUT2D eigenvalue weighted by molar-refractivity contribution is 6.30. The van der Waals surface area contributed by atoms with Crippen molar-refractivity contribution in [3.8, 4) is 11.5 Å². The van der Waals surface area contributed by atoms with Gasteiger partial charge in [-0.05, 0) is 37.6 Å². The molecule has 0 saturated carbocycles. The summed E-state index contributed by atoms with van der Waals surface area (Å²) in [5, 5.41) is 3.58. The number of hydrogen-bond donors (Lipinski definition) is 1. The predicted molar refractivity (Wildman–Crippen MR) is 95.2 cm³/mol. The number of benzene rings is 2. The second kappa shape index (κ2) is 7.14. The van der Waals surface area contributed by atoms with Gasteiger partial charge in [-0.15, -0.1) is 0 Å². The van der Waals surface area contributed by atoms with Crippen LogP contribution in [0.25, 0.3) is 0 Å². The van der Waals surface area contributed by atoms with Crippen LogP contribution in [-0.2, 0) is 17.6 Å². The quantitative estimate of drug-likeness (QED) is 0.881. The zero-order chi connectivity index (χ0) is 17.1. The third-order valence-electron chi connectivity index (χ3n) is 3.85. The molecule has 1 aliphatic heterocycles. The maximum Gasteiger partial charge on any atom is 0.228 e. The van der Waals surface area contributed by atoms with E-state index in [4.69, 9.17) is 21.1 Å². The number of carbonyl (C=O) groups is 1. The molecular weight excluding hydrogens is 326 g/mol. The first-order valence-electron chi connectivity index (χ1n) is 8.06. The van der Waals surface area contributed by atoms with E-state index in [0.717, 1.165) is 23.3 Å². The fourth-order valence-corrected chi connectivity index (χ4v) is 2.92. The van der Waals surface area contributed by atoms with Gasteiger partial charge in [0.1, 0.15) is 17.6 Å². The lowest BCUT2D eigenvalue weighted by Crippen LogP contribution is -2.15. The summed E-state index contributed by atoms with van der Waals surface area (Å²) in [5.41, 5.74) is 2.66. The molecule has 1 aliphatic rings. The van der Waals surface area contributed by atoms with Crippen molar-refractivity contribution in [1.29, 1.82) is 0 Å². The Morgan fingerprint density at radius 3 is 2.79 bits per heavy atom. The van der Waals surface area contributed by atoms with E-state index in [1.807, 2.05) is 38.1 Å². The number of amides is 1. The molecule has 0 fully saturated rings. The SMILES string of the molecule is CCOc1cc2c(cc1NC(=O)Cc1ccc(Cl)cc1)OC(C)C2. The van der Waals surface area contributed by atoms with Gasteiger partial charge < -0.3 is 14.8 Å². The molecule has 5 heteroatoms. The van der Waals surface area contributed by atoms with E-state index in [9.17, 15) is 4.79 Å². The molecule has 4 nitrogen and oxygen atoms in total. The van der Waals surface area contributed by atoms with Gasteiger partial charge in [0.15, 0.2) is 0 Å². The van der Waals surface area contributed by atoms with Gasteiger partial charge in [0.05, 0.1) is 18.7 Å². The molecule has 1 amide bonds. The lowest BCUT2D eigenvalue weighted by molar-refractivity contribution is -0.115. The molecular formula is C19H20ClNO3. The molecule has 24 heavy (non-hydrogen) atoms. The maximum absolute atomic E-state index is 12.3. The summed E-state index contributed by atoms with van der Waals surface area (Å²) in [7, 11) is 0. The van der Waals surface area contributed by atoms with E-state index in [1.165, 1.54) is 0 Å². The topological polar surface area (TPSA) is 47.6 Å². The molecule has 0 aromatic heterocycles. The van der Waals surface area contributed by atoms with Crippen molar-refractivity contribution >= 4 is 23.2 Å². The fraction of sp³-hybridized carbons (Fsp3) is 0.316. The van der Waals surface area contributed by atoms with E-state index < -0.39 is 0 Å². The van der Waals surface area contributed by atoms with Crippen LogP contribution in [0.4, 0.5) is 5.69 Å². The van der Waals surface area contributed by atoms with E-state index in [1.54, 1.807) is 12.1 Å². The Hall–Kier alpha value is -2.20. The van der Waals surface area contributed by atoms with Crippen molar-refractivity contribution in [3.05, 3.63) is 52.5 Å². The van der Waals surface area contributed by atoms with Crippen molar-refractivity contribution in [1.82, 2.24) is 0 Å². The summed E-state index contributed by atoms with van der Waals surface area (Å²) in [4.78, 5) is 12.3. The summed E-state index contributed by atoms with van der Waals surface area (Å²) in [5.74, 6) is 1.38. The first kappa shape index (κ1) is 16.7. The third-order valence-corrected chi connectivity index (χ3v) is 4.10. The number of rotatable bonds is 5. The standard InChI is InChI=1S/C19H20ClNO3/c1-3-23-18-10-14-8-12(2)24-17(14)11-16(18)21-19(22)9-13-4-6-15(20)7-5-13/h4-7,10-12H,3,8-9H2,1-2H3,(H,21,22). The zero-order valence-electron chi connectivity index (χ0n) is 13.8. The van der Waals surface area contributed by atoms with Gasteiger partial charge in [-0.2, -0.15) is 0 Å². The molecule has 3 rings (SSSR count). The van der Waals surface area contributed by atoms with Gasteiger partial charge in [0, 0.05) is 23.1 Å². The van der Waals surface area contributed by atoms with E-state index in [2.05, 4.69) is 5.32 Å². The molecule has 1 atom stereocenters. The second-order valence-corrected chi connectivity index (χ2v) is 6.31. The van der Waals surface area contributed by atoms with Crippen LogP contribution in [0, 0.1) is 0 Å². The Kier molecular flexibility index (Phi) is 4.95. The first-order valence-corrected chi connectivity index (χ1v) is 8.43. The summed E-state index contributed by atoms with van der Waals surface area (Å²) < 4.78 is 11.4. The number of fused-ring (bicyclic) bond motifs is 1. The normalized spacial score (nSPS) is 15.5. The van der Waals surface area contributed by atoms with Gasteiger partial charge in [0.25, 0.3) is 0 Å². The highest BCUT2D eigenvalue weighted by Gasteiger charge is 2.22. The Morgan fingerprint density at radius 2 is 2.08 bits per heavy atom. The minimum absolute atomic E-state index is 0.107. The lowest BCUT2D eigenvalue weighted by atomic mass is 10.1. The van der Waals surface area contributed by atoms with Crippen LogP contribution < -0.4 is 14.8 Å². The number of nitrogens with one attached hydrogen (secondary N) is 1.